The van der Waals surface area contributed by atoms with Crippen molar-refractivity contribution < 1.29 is 9.59 Å². The molecule has 0 bridgehead atoms. The van der Waals surface area contributed by atoms with Gasteiger partial charge in [0.2, 0.25) is 11.8 Å². The Bertz CT molecular complexity index is 394. The molecule has 2 rings (SSSR count). The highest BCUT2D eigenvalue weighted by atomic mass is 16.2. The third kappa shape index (κ3) is 5.48. The minimum atomic E-state index is -0.0304. The van der Waals surface area contributed by atoms with Gasteiger partial charge in [-0.1, -0.05) is 13.8 Å². The SMILES string of the molecule is CCCC(=O)N1CCC[C@H](C(=O)N[C@@H](CC)CN2CCCC2)C1. The Kier molecular flexibility index (Phi) is 7.34. The van der Waals surface area contributed by atoms with Crippen LogP contribution >= 0.6 is 0 Å². The molecule has 0 spiro atoms. The Morgan fingerprint density at radius 1 is 1.13 bits per heavy atom. The van der Waals surface area contributed by atoms with Gasteiger partial charge in [-0.3, -0.25) is 9.59 Å². The smallest absolute Gasteiger partial charge is 0.225 e. The van der Waals surface area contributed by atoms with Crippen molar-refractivity contribution in [2.75, 3.05) is 32.7 Å². The van der Waals surface area contributed by atoms with Gasteiger partial charge in [0, 0.05) is 32.1 Å². The van der Waals surface area contributed by atoms with E-state index >= 15 is 0 Å². The van der Waals surface area contributed by atoms with Gasteiger partial charge in [-0.05, 0) is 51.6 Å². The zero-order valence-corrected chi connectivity index (χ0v) is 14.9. The molecule has 2 heterocycles. The van der Waals surface area contributed by atoms with Gasteiger partial charge in [0.05, 0.1) is 5.92 Å². The molecule has 23 heavy (non-hydrogen) atoms. The predicted octanol–water partition coefficient (Wildman–Crippen LogP) is 2.02. The molecule has 2 amide bonds. The van der Waals surface area contributed by atoms with Crippen LogP contribution in [0.3, 0.4) is 0 Å². The highest BCUT2D eigenvalue weighted by Crippen LogP contribution is 2.18. The van der Waals surface area contributed by atoms with Crippen molar-refractivity contribution in [2.24, 2.45) is 5.92 Å². The first-order valence-electron chi connectivity index (χ1n) is 9.44. The summed E-state index contributed by atoms with van der Waals surface area (Å²) in [7, 11) is 0. The summed E-state index contributed by atoms with van der Waals surface area (Å²) in [4.78, 5) is 29.0. The number of nitrogens with zero attached hydrogens (tertiary/aromatic N) is 2. The van der Waals surface area contributed by atoms with Gasteiger partial charge in [0.1, 0.15) is 0 Å². The molecule has 132 valence electrons. The number of carbonyl (C=O) groups is 2. The molecule has 5 heteroatoms. The lowest BCUT2D eigenvalue weighted by Crippen LogP contribution is -2.49. The Balaban J connectivity index is 1.81. The van der Waals surface area contributed by atoms with Crippen molar-refractivity contribution in [3.05, 3.63) is 0 Å². The van der Waals surface area contributed by atoms with Crippen LogP contribution in [0.4, 0.5) is 0 Å². The van der Waals surface area contributed by atoms with Crippen molar-refractivity contribution in [3.63, 3.8) is 0 Å². The van der Waals surface area contributed by atoms with Crippen LogP contribution in [0.5, 0.6) is 0 Å². The van der Waals surface area contributed by atoms with Gasteiger partial charge in [-0.25, -0.2) is 0 Å². The van der Waals surface area contributed by atoms with Crippen LogP contribution in [-0.4, -0.2) is 60.4 Å². The molecule has 0 aromatic carbocycles. The molecule has 0 radical (unpaired) electrons. The minimum absolute atomic E-state index is 0.0304. The number of nitrogens with one attached hydrogen (secondary N) is 1. The molecule has 0 aromatic heterocycles. The van der Waals surface area contributed by atoms with Gasteiger partial charge >= 0.3 is 0 Å². The molecule has 1 N–H and O–H groups in total. The lowest BCUT2D eigenvalue weighted by molar-refractivity contribution is -0.136. The van der Waals surface area contributed by atoms with E-state index in [0.29, 0.717) is 13.0 Å². The second-order valence-corrected chi connectivity index (χ2v) is 7.05. The molecular formula is C18H33N3O2. The summed E-state index contributed by atoms with van der Waals surface area (Å²) in [5, 5.41) is 3.24. The molecular weight excluding hydrogens is 290 g/mol. The highest BCUT2D eigenvalue weighted by Gasteiger charge is 2.29. The third-order valence-electron chi connectivity index (χ3n) is 5.13. The lowest BCUT2D eigenvalue weighted by Gasteiger charge is -2.33. The number of hydrogen-bond acceptors (Lipinski definition) is 3. The van der Waals surface area contributed by atoms with E-state index in [1.807, 2.05) is 11.8 Å². The third-order valence-corrected chi connectivity index (χ3v) is 5.13. The zero-order valence-electron chi connectivity index (χ0n) is 14.9. The molecule has 2 aliphatic heterocycles. The summed E-state index contributed by atoms with van der Waals surface area (Å²) >= 11 is 0. The van der Waals surface area contributed by atoms with Crippen LogP contribution in [0.1, 0.15) is 58.8 Å². The fourth-order valence-corrected chi connectivity index (χ4v) is 3.66. The molecule has 0 aromatic rings. The molecule has 0 aliphatic carbocycles. The van der Waals surface area contributed by atoms with E-state index < -0.39 is 0 Å². The average molecular weight is 323 g/mol. The quantitative estimate of drug-likeness (QED) is 0.780. The van der Waals surface area contributed by atoms with Crippen molar-refractivity contribution in [3.8, 4) is 0 Å². The number of carbonyl (C=O) groups excluding carboxylic acids is 2. The first-order chi connectivity index (χ1) is 11.1. The number of likely N-dealkylation sites (tertiary alicyclic amines) is 2. The summed E-state index contributed by atoms with van der Waals surface area (Å²) in [6.07, 6.45) is 6.84. The normalized spacial score (nSPS) is 23.7. The molecule has 2 aliphatic rings. The lowest BCUT2D eigenvalue weighted by atomic mass is 9.96. The van der Waals surface area contributed by atoms with Crippen LogP contribution in [0, 0.1) is 5.92 Å². The average Bonchev–Trinajstić information content (AvgIpc) is 3.07. The van der Waals surface area contributed by atoms with Gasteiger partial charge in [0.25, 0.3) is 0 Å². The van der Waals surface area contributed by atoms with Gasteiger partial charge in [0.15, 0.2) is 0 Å². The monoisotopic (exact) mass is 323 g/mol. The topological polar surface area (TPSA) is 52.7 Å². The van der Waals surface area contributed by atoms with Gasteiger partial charge in [-0.2, -0.15) is 0 Å². The minimum Gasteiger partial charge on any atom is -0.352 e. The predicted molar refractivity (Wildman–Crippen MR) is 92.1 cm³/mol. The van der Waals surface area contributed by atoms with Crippen LogP contribution in [-0.2, 0) is 9.59 Å². The van der Waals surface area contributed by atoms with Crippen molar-refractivity contribution in [1.29, 1.82) is 0 Å². The number of hydrogen-bond donors (Lipinski definition) is 1. The highest BCUT2D eigenvalue weighted by molar-refractivity contribution is 5.81. The van der Waals surface area contributed by atoms with Crippen LogP contribution in [0.2, 0.25) is 0 Å². The Morgan fingerprint density at radius 2 is 1.87 bits per heavy atom. The molecule has 0 saturated carbocycles. The summed E-state index contributed by atoms with van der Waals surface area (Å²) in [5.41, 5.74) is 0. The maximum atomic E-state index is 12.6. The number of rotatable bonds is 7. The summed E-state index contributed by atoms with van der Waals surface area (Å²) < 4.78 is 0. The Morgan fingerprint density at radius 3 is 2.52 bits per heavy atom. The summed E-state index contributed by atoms with van der Waals surface area (Å²) in [6.45, 7) is 8.87. The maximum absolute atomic E-state index is 12.6. The second kappa shape index (κ2) is 9.26. The molecule has 2 saturated heterocycles. The standard InChI is InChI=1S/C18H33N3O2/c1-3-8-17(22)21-12-7-9-15(13-21)18(23)19-16(4-2)14-20-10-5-6-11-20/h15-16H,3-14H2,1-2H3,(H,19,23)/t15-,16-/m0/s1. The Hall–Kier alpha value is -1.10. The molecule has 2 fully saturated rings. The fraction of sp³-hybridized carbons (Fsp3) is 0.889. The van der Waals surface area contributed by atoms with Gasteiger partial charge < -0.3 is 15.1 Å². The van der Waals surface area contributed by atoms with Crippen LogP contribution < -0.4 is 5.32 Å². The molecule has 2 atom stereocenters. The Labute approximate surface area is 140 Å². The summed E-state index contributed by atoms with van der Waals surface area (Å²) in [5.74, 6) is 0.316. The van der Waals surface area contributed by atoms with E-state index in [0.717, 1.165) is 51.9 Å². The van der Waals surface area contributed by atoms with Crippen LogP contribution in [0.15, 0.2) is 0 Å². The van der Waals surface area contributed by atoms with E-state index in [1.54, 1.807) is 0 Å². The second-order valence-electron chi connectivity index (χ2n) is 7.05. The summed E-state index contributed by atoms with van der Waals surface area (Å²) in [6, 6.07) is 0.238. The largest absolute Gasteiger partial charge is 0.352 e. The molecule has 5 nitrogen and oxygen atoms in total. The van der Waals surface area contributed by atoms with E-state index in [-0.39, 0.29) is 23.8 Å². The first kappa shape index (κ1) is 18.2. The molecule has 0 unspecified atom stereocenters. The van der Waals surface area contributed by atoms with E-state index in [4.69, 9.17) is 0 Å². The zero-order chi connectivity index (χ0) is 16.7. The first-order valence-corrected chi connectivity index (χ1v) is 9.44. The van der Waals surface area contributed by atoms with E-state index in [1.165, 1.54) is 12.8 Å². The van der Waals surface area contributed by atoms with E-state index in [2.05, 4.69) is 17.1 Å². The maximum Gasteiger partial charge on any atom is 0.225 e. The van der Waals surface area contributed by atoms with Crippen molar-refractivity contribution in [1.82, 2.24) is 15.1 Å². The van der Waals surface area contributed by atoms with Crippen molar-refractivity contribution >= 4 is 11.8 Å². The van der Waals surface area contributed by atoms with E-state index in [9.17, 15) is 9.59 Å². The van der Waals surface area contributed by atoms with Crippen molar-refractivity contribution in [2.45, 2.75) is 64.8 Å². The van der Waals surface area contributed by atoms with Gasteiger partial charge in [-0.15, -0.1) is 0 Å². The number of amides is 2. The number of piperidine rings is 1. The van der Waals surface area contributed by atoms with Crippen LogP contribution in [0.25, 0.3) is 0 Å². The fourth-order valence-electron chi connectivity index (χ4n) is 3.66.